The van der Waals surface area contributed by atoms with Crippen LogP contribution in [-0.2, 0) is 11.8 Å². The molecule has 5 nitrogen and oxygen atoms in total. The molecule has 1 aromatic heterocycles. The standard InChI is InChI=1S/C19H19FN4OS/c1-22-8-4-5-14(22)13-17-18(25)21-19(26-17)24-11-9-23(10-12-24)16-7-3-2-6-15(16)20/h2-8,13H,9-12H2,1H3/b17-13+. The monoisotopic (exact) mass is 370 g/mol. The van der Waals surface area contributed by atoms with Crippen molar-refractivity contribution in [1.82, 2.24) is 9.47 Å². The molecule has 4 rings (SSSR count). The molecule has 0 spiro atoms. The summed E-state index contributed by atoms with van der Waals surface area (Å²) in [5.41, 5.74) is 1.61. The molecule has 1 saturated heterocycles. The van der Waals surface area contributed by atoms with E-state index in [0.717, 1.165) is 10.9 Å². The minimum absolute atomic E-state index is 0.192. The van der Waals surface area contributed by atoms with E-state index in [1.165, 1.54) is 17.8 Å². The number of hydrogen-bond donors (Lipinski definition) is 0. The second-order valence-electron chi connectivity index (χ2n) is 6.28. The van der Waals surface area contributed by atoms with Crippen LogP contribution in [0.25, 0.3) is 6.08 Å². The largest absolute Gasteiger partial charge is 0.366 e. The lowest BCUT2D eigenvalue weighted by molar-refractivity contribution is -0.113. The summed E-state index contributed by atoms with van der Waals surface area (Å²) in [4.78, 5) is 21.2. The normalized spacial score (nSPS) is 19.4. The van der Waals surface area contributed by atoms with Gasteiger partial charge in [-0.2, -0.15) is 4.99 Å². The molecule has 0 aliphatic carbocycles. The molecule has 2 aromatic rings. The number of carbonyl (C=O) groups excluding carboxylic acids is 1. The van der Waals surface area contributed by atoms with E-state index in [9.17, 15) is 9.18 Å². The van der Waals surface area contributed by atoms with Gasteiger partial charge in [-0.25, -0.2) is 4.39 Å². The highest BCUT2D eigenvalue weighted by molar-refractivity contribution is 8.18. The molecular formula is C19H19FN4OS. The Morgan fingerprint density at radius 3 is 2.50 bits per heavy atom. The minimum atomic E-state index is -0.198. The summed E-state index contributed by atoms with van der Waals surface area (Å²) in [6.07, 6.45) is 3.82. The van der Waals surface area contributed by atoms with E-state index in [1.807, 2.05) is 47.0 Å². The molecule has 134 valence electrons. The van der Waals surface area contributed by atoms with Crippen LogP contribution in [-0.4, -0.2) is 46.7 Å². The van der Waals surface area contributed by atoms with Crippen LogP contribution >= 0.6 is 11.8 Å². The van der Waals surface area contributed by atoms with Gasteiger partial charge in [-0.05, 0) is 42.1 Å². The number of benzene rings is 1. The van der Waals surface area contributed by atoms with Crippen molar-refractivity contribution in [1.29, 1.82) is 0 Å². The topological polar surface area (TPSA) is 40.8 Å². The average molecular weight is 370 g/mol. The SMILES string of the molecule is Cn1cccc1/C=C1/SC(N2CCN(c3ccccc3F)CC2)=NC1=O. The Balaban J connectivity index is 1.42. The van der Waals surface area contributed by atoms with Gasteiger partial charge in [-0.1, -0.05) is 12.1 Å². The van der Waals surface area contributed by atoms with Crippen LogP contribution in [0.4, 0.5) is 10.1 Å². The number of hydrogen-bond acceptors (Lipinski definition) is 4. The van der Waals surface area contributed by atoms with Crippen LogP contribution in [0.3, 0.4) is 0 Å². The lowest BCUT2D eigenvalue weighted by atomic mass is 10.2. The number of aliphatic imine (C=N–C) groups is 1. The van der Waals surface area contributed by atoms with Gasteiger partial charge in [-0.15, -0.1) is 0 Å². The van der Waals surface area contributed by atoms with Crippen molar-refractivity contribution in [2.45, 2.75) is 0 Å². The number of anilines is 1. The maximum atomic E-state index is 14.0. The maximum Gasteiger partial charge on any atom is 0.286 e. The third kappa shape index (κ3) is 3.26. The van der Waals surface area contributed by atoms with Gasteiger partial charge in [0.25, 0.3) is 5.91 Å². The zero-order chi connectivity index (χ0) is 18.1. The van der Waals surface area contributed by atoms with Crippen molar-refractivity contribution in [3.8, 4) is 0 Å². The number of para-hydroxylation sites is 1. The molecule has 3 heterocycles. The van der Waals surface area contributed by atoms with Gasteiger partial charge in [0.1, 0.15) is 5.82 Å². The lowest BCUT2D eigenvalue weighted by Gasteiger charge is -2.36. The van der Waals surface area contributed by atoms with Crippen LogP contribution in [0, 0.1) is 5.82 Å². The summed E-state index contributed by atoms with van der Waals surface area (Å²) in [7, 11) is 1.94. The molecule has 0 radical (unpaired) electrons. The average Bonchev–Trinajstić information content (AvgIpc) is 3.22. The summed E-state index contributed by atoms with van der Waals surface area (Å²) in [6.45, 7) is 2.83. The molecule has 1 aromatic carbocycles. The number of amides is 1. The molecule has 7 heteroatoms. The van der Waals surface area contributed by atoms with Crippen molar-refractivity contribution in [2.75, 3.05) is 31.1 Å². The summed E-state index contributed by atoms with van der Waals surface area (Å²) in [6, 6.07) is 10.7. The van der Waals surface area contributed by atoms with Crippen LogP contribution in [0.2, 0.25) is 0 Å². The first-order chi connectivity index (χ1) is 12.6. The fraction of sp³-hybridized carbons (Fsp3) is 0.263. The first-order valence-corrected chi connectivity index (χ1v) is 9.32. The van der Waals surface area contributed by atoms with E-state index in [-0.39, 0.29) is 11.7 Å². The van der Waals surface area contributed by atoms with Crippen LogP contribution in [0.5, 0.6) is 0 Å². The van der Waals surface area contributed by atoms with Crippen molar-refractivity contribution in [3.05, 3.63) is 59.0 Å². The van der Waals surface area contributed by atoms with Crippen molar-refractivity contribution in [2.24, 2.45) is 12.0 Å². The van der Waals surface area contributed by atoms with E-state index in [2.05, 4.69) is 9.89 Å². The summed E-state index contributed by atoms with van der Waals surface area (Å²) >= 11 is 1.41. The molecule has 0 bridgehead atoms. The molecule has 2 aliphatic rings. The van der Waals surface area contributed by atoms with Gasteiger partial charge in [0.2, 0.25) is 0 Å². The number of carbonyl (C=O) groups is 1. The third-order valence-corrected chi connectivity index (χ3v) is 5.66. The van der Waals surface area contributed by atoms with Crippen molar-refractivity contribution < 1.29 is 9.18 Å². The third-order valence-electron chi connectivity index (χ3n) is 4.62. The molecule has 0 N–H and O–H groups in total. The molecule has 2 aliphatic heterocycles. The fourth-order valence-electron chi connectivity index (χ4n) is 3.14. The highest BCUT2D eigenvalue weighted by Crippen LogP contribution is 2.31. The lowest BCUT2D eigenvalue weighted by Crippen LogP contribution is -2.48. The van der Waals surface area contributed by atoms with Gasteiger partial charge in [0.05, 0.1) is 10.6 Å². The van der Waals surface area contributed by atoms with E-state index in [0.29, 0.717) is 36.8 Å². The summed E-state index contributed by atoms with van der Waals surface area (Å²) in [5.74, 6) is -0.390. The first kappa shape index (κ1) is 16.9. The molecule has 0 saturated carbocycles. The number of halogens is 1. The molecule has 0 unspecified atom stereocenters. The van der Waals surface area contributed by atoms with Crippen molar-refractivity contribution >= 4 is 34.6 Å². The van der Waals surface area contributed by atoms with E-state index >= 15 is 0 Å². The predicted molar refractivity (Wildman–Crippen MR) is 104 cm³/mol. The highest BCUT2D eigenvalue weighted by atomic mass is 32.2. The van der Waals surface area contributed by atoms with E-state index < -0.39 is 0 Å². The zero-order valence-electron chi connectivity index (χ0n) is 14.4. The maximum absolute atomic E-state index is 14.0. The Morgan fingerprint density at radius 1 is 1.08 bits per heavy atom. The highest BCUT2D eigenvalue weighted by Gasteiger charge is 2.29. The number of amidine groups is 1. The quantitative estimate of drug-likeness (QED) is 0.762. The Bertz CT molecular complexity index is 896. The number of aryl methyl sites for hydroxylation is 1. The van der Waals surface area contributed by atoms with Gasteiger partial charge in [0.15, 0.2) is 5.17 Å². The fourth-order valence-corrected chi connectivity index (χ4v) is 4.09. The number of rotatable bonds is 2. The van der Waals surface area contributed by atoms with Crippen LogP contribution < -0.4 is 4.90 Å². The number of piperazine rings is 1. The van der Waals surface area contributed by atoms with E-state index in [1.54, 1.807) is 12.1 Å². The second kappa shape index (κ2) is 6.99. The van der Waals surface area contributed by atoms with E-state index in [4.69, 9.17) is 0 Å². The molecule has 1 fully saturated rings. The Kier molecular flexibility index (Phi) is 4.55. The molecule has 1 amide bonds. The second-order valence-corrected chi connectivity index (χ2v) is 7.29. The van der Waals surface area contributed by atoms with Crippen molar-refractivity contribution in [3.63, 3.8) is 0 Å². The number of nitrogens with zero attached hydrogens (tertiary/aromatic N) is 4. The minimum Gasteiger partial charge on any atom is -0.366 e. The molecule has 26 heavy (non-hydrogen) atoms. The molecular weight excluding hydrogens is 351 g/mol. The smallest absolute Gasteiger partial charge is 0.286 e. The Labute approximate surface area is 155 Å². The van der Waals surface area contributed by atoms with Crippen LogP contribution in [0.15, 0.2) is 52.5 Å². The van der Waals surface area contributed by atoms with Gasteiger partial charge in [0, 0.05) is 45.1 Å². The van der Waals surface area contributed by atoms with Gasteiger partial charge < -0.3 is 14.4 Å². The summed E-state index contributed by atoms with van der Waals surface area (Å²) < 4.78 is 15.9. The van der Waals surface area contributed by atoms with Gasteiger partial charge >= 0.3 is 0 Å². The van der Waals surface area contributed by atoms with Crippen LogP contribution in [0.1, 0.15) is 5.69 Å². The number of thioether (sulfide) groups is 1. The number of aromatic nitrogens is 1. The predicted octanol–water partition coefficient (Wildman–Crippen LogP) is 2.96. The summed E-state index contributed by atoms with van der Waals surface area (Å²) in [5, 5.41) is 0.739. The molecule has 0 atom stereocenters. The Hall–Kier alpha value is -2.54. The zero-order valence-corrected chi connectivity index (χ0v) is 15.2. The van der Waals surface area contributed by atoms with Gasteiger partial charge in [-0.3, -0.25) is 4.79 Å². The Morgan fingerprint density at radius 2 is 1.81 bits per heavy atom. The first-order valence-electron chi connectivity index (χ1n) is 8.50.